The van der Waals surface area contributed by atoms with Crippen LogP contribution in [0.1, 0.15) is 10.4 Å². The predicted molar refractivity (Wildman–Crippen MR) is 90.7 cm³/mol. The third kappa shape index (κ3) is 3.88. The van der Waals surface area contributed by atoms with Gasteiger partial charge in [0.25, 0.3) is 5.91 Å². The Bertz CT molecular complexity index is 825. The minimum absolute atomic E-state index is 0.225. The van der Waals surface area contributed by atoms with E-state index in [2.05, 4.69) is 10.4 Å². The van der Waals surface area contributed by atoms with Gasteiger partial charge in [-0.3, -0.25) is 19.1 Å². The Morgan fingerprint density at radius 1 is 1.04 bits per heavy atom. The van der Waals surface area contributed by atoms with Gasteiger partial charge in [0.05, 0.1) is 11.9 Å². The van der Waals surface area contributed by atoms with Crippen molar-refractivity contribution < 1.29 is 18.8 Å². The second-order valence-corrected chi connectivity index (χ2v) is 5.95. The molecule has 0 unspecified atom stereocenters. The quantitative estimate of drug-likeness (QED) is 0.790. The van der Waals surface area contributed by atoms with Gasteiger partial charge in [0.2, 0.25) is 0 Å². The van der Waals surface area contributed by atoms with Crippen molar-refractivity contribution in [3.8, 4) is 0 Å². The highest BCUT2D eigenvalue weighted by molar-refractivity contribution is 6.39. The van der Waals surface area contributed by atoms with Crippen molar-refractivity contribution in [1.82, 2.24) is 19.6 Å². The van der Waals surface area contributed by atoms with Gasteiger partial charge in [0.1, 0.15) is 5.82 Å². The summed E-state index contributed by atoms with van der Waals surface area (Å²) < 4.78 is 14.5. The number of halogens is 1. The summed E-state index contributed by atoms with van der Waals surface area (Å²) in [6, 6.07) is 5.32. The van der Waals surface area contributed by atoms with Crippen molar-refractivity contribution in [1.29, 1.82) is 0 Å². The first kappa shape index (κ1) is 17.6. The smallest absolute Gasteiger partial charge is 0.313 e. The Morgan fingerprint density at radius 3 is 2.23 bits per heavy atom. The molecular weight excluding hydrogens is 341 g/mol. The largest absolute Gasteiger partial charge is 0.335 e. The fourth-order valence-electron chi connectivity index (χ4n) is 2.70. The van der Waals surface area contributed by atoms with Crippen molar-refractivity contribution >= 4 is 23.4 Å². The maximum absolute atomic E-state index is 13.0. The van der Waals surface area contributed by atoms with Crippen LogP contribution in [0.4, 0.5) is 10.1 Å². The van der Waals surface area contributed by atoms with E-state index in [9.17, 15) is 18.8 Å². The van der Waals surface area contributed by atoms with Crippen LogP contribution in [0.15, 0.2) is 36.7 Å². The third-order valence-corrected chi connectivity index (χ3v) is 4.10. The fourth-order valence-corrected chi connectivity index (χ4v) is 2.70. The van der Waals surface area contributed by atoms with Gasteiger partial charge in [-0.15, -0.1) is 0 Å². The van der Waals surface area contributed by atoms with E-state index in [1.54, 1.807) is 18.1 Å². The highest BCUT2D eigenvalue weighted by atomic mass is 19.1. The van der Waals surface area contributed by atoms with E-state index in [4.69, 9.17) is 0 Å². The monoisotopic (exact) mass is 359 g/mol. The van der Waals surface area contributed by atoms with E-state index in [1.807, 2.05) is 0 Å². The molecule has 1 fully saturated rings. The molecule has 0 spiro atoms. The molecule has 136 valence electrons. The first-order valence-electron chi connectivity index (χ1n) is 8.08. The third-order valence-electron chi connectivity index (χ3n) is 4.10. The van der Waals surface area contributed by atoms with Crippen LogP contribution in [0.3, 0.4) is 0 Å². The molecule has 0 bridgehead atoms. The lowest BCUT2D eigenvalue weighted by molar-refractivity contribution is -0.144. The van der Waals surface area contributed by atoms with Gasteiger partial charge in [-0.2, -0.15) is 5.10 Å². The maximum Gasteiger partial charge on any atom is 0.313 e. The average Bonchev–Trinajstić information content (AvgIpc) is 3.06. The molecule has 3 amide bonds. The van der Waals surface area contributed by atoms with Crippen molar-refractivity contribution in [3.63, 3.8) is 0 Å². The number of hydrogen-bond acceptors (Lipinski definition) is 4. The normalized spacial score (nSPS) is 14.2. The molecule has 0 atom stereocenters. The molecule has 2 aromatic rings. The topological polar surface area (TPSA) is 87.5 Å². The highest BCUT2D eigenvalue weighted by Gasteiger charge is 2.28. The van der Waals surface area contributed by atoms with Crippen LogP contribution < -0.4 is 5.32 Å². The van der Waals surface area contributed by atoms with Crippen molar-refractivity contribution in [3.05, 3.63) is 48.0 Å². The fraction of sp³-hybridized carbons (Fsp3) is 0.294. The first-order chi connectivity index (χ1) is 12.4. The number of anilines is 1. The molecule has 0 saturated carbocycles. The minimum atomic E-state index is -0.740. The van der Waals surface area contributed by atoms with Gasteiger partial charge in [0.15, 0.2) is 0 Å². The standard InChI is InChI=1S/C17H18FN5O3/c1-21-11-14(10-19-21)20-15(24)17(26)23-8-6-22(7-9-23)16(25)12-2-4-13(18)5-3-12/h2-5,10-11H,6-9H2,1H3,(H,20,24). The van der Waals surface area contributed by atoms with Crippen LogP contribution in [0, 0.1) is 5.82 Å². The van der Waals surface area contributed by atoms with E-state index in [0.29, 0.717) is 24.3 Å². The summed E-state index contributed by atoms with van der Waals surface area (Å²) in [4.78, 5) is 39.6. The zero-order chi connectivity index (χ0) is 18.7. The number of aromatic nitrogens is 2. The zero-order valence-corrected chi connectivity index (χ0v) is 14.2. The molecule has 1 aliphatic heterocycles. The van der Waals surface area contributed by atoms with E-state index in [1.165, 1.54) is 40.0 Å². The number of carbonyl (C=O) groups excluding carboxylic acids is 3. The molecule has 2 heterocycles. The number of rotatable bonds is 2. The van der Waals surface area contributed by atoms with Crippen LogP contribution in [-0.4, -0.2) is 63.5 Å². The second kappa shape index (κ2) is 7.34. The summed E-state index contributed by atoms with van der Waals surface area (Å²) >= 11 is 0. The number of carbonyl (C=O) groups is 3. The number of nitrogens with zero attached hydrogens (tertiary/aromatic N) is 4. The first-order valence-corrected chi connectivity index (χ1v) is 8.08. The Balaban J connectivity index is 1.54. The summed E-state index contributed by atoms with van der Waals surface area (Å²) in [5.74, 6) is -2.02. The maximum atomic E-state index is 13.0. The van der Waals surface area contributed by atoms with Crippen molar-refractivity contribution in [2.45, 2.75) is 0 Å². The summed E-state index contributed by atoms with van der Waals surface area (Å²) in [6.45, 7) is 1.13. The van der Waals surface area contributed by atoms with E-state index in [0.717, 1.165) is 0 Å². The van der Waals surface area contributed by atoms with Gasteiger partial charge < -0.3 is 15.1 Å². The molecule has 0 radical (unpaired) electrons. The number of benzene rings is 1. The molecular formula is C17H18FN5O3. The summed E-state index contributed by atoms with van der Waals surface area (Å²) in [5.41, 5.74) is 0.830. The number of nitrogens with one attached hydrogen (secondary N) is 1. The Hall–Kier alpha value is -3.23. The molecule has 1 aromatic carbocycles. The lowest BCUT2D eigenvalue weighted by atomic mass is 10.1. The van der Waals surface area contributed by atoms with Crippen LogP contribution in [0.5, 0.6) is 0 Å². The molecule has 1 N–H and O–H groups in total. The van der Waals surface area contributed by atoms with Crippen LogP contribution in [0.2, 0.25) is 0 Å². The number of piperazine rings is 1. The second-order valence-electron chi connectivity index (χ2n) is 5.95. The molecule has 1 saturated heterocycles. The molecule has 1 aromatic heterocycles. The van der Waals surface area contributed by atoms with Crippen LogP contribution in [-0.2, 0) is 16.6 Å². The van der Waals surface area contributed by atoms with Crippen molar-refractivity contribution in [2.24, 2.45) is 7.05 Å². The Labute approximate surface area is 149 Å². The zero-order valence-electron chi connectivity index (χ0n) is 14.2. The predicted octanol–water partition coefficient (Wildman–Crippen LogP) is 0.482. The molecule has 3 rings (SSSR count). The number of aryl methyl sites for hydroxylation is 1. The molecule has 26 heavy (non-hydrogen) atoms. The van der Waals surface area contributed by atoms with Gasteiger partial charge in [-0.1, -0.05) is 0 Å². The van der Waals surface area contributed by atoms with Gasteiger partial charge in [-0.25, -0.2) is 4.39 Å². The minimum Gasteiger partial charge on any atom is -0.335 e. The summed E-state index contributed by atoms with van der Waals surface area (Å²) in [5, 5.41) is 6.41. The Morgan fingerprint density at radius 2 is 1.65 bits per heavy atom. The number of amides is 3. The van der Waals surface area contributed by atoms with Gasteiger partial charge >= 0.3 is 11.8 Å². The van der Waals surface area contributed by atoms with Crippen LogP contribution >= 0.6 is 0 Å². The summed E-state index contributed by atoms with van der Waals surface area (Å²) in [7, 11) is 1.70. The lowest BCUT2D eigenvalue weighted by Crippen LogP contribution is -2.53. The van der Waals surface area contributed by atoms with Crippen molar-refractivity contribution in [2.75, 3.05) is 31.5 Å². The Kier molecular flexibility index (Phi) is 4.97. The SMILES string of the molecule is Cn1cc(NC(=O)C(=O)N2CCN(C(=O)c3ccc(F)cc3)CC2)cn1. The number of hydrogen-bond donors (Lipinski definition) is 1. The van der Waals surface area contributed by atoms with E-state index in [-0.39, 0.29) is 19.0 Å². The highest BCUT2D eigenvalue weighted by Crippen LogP contribution is 2.11. The molecule has 8 nitrogen and oxygen atoms in total. The van der Waals surface area contributed by atoms with Crippen LogP contribution in [0.25, 0.3) is 0 Å². The van der Waals surface area contributed by atoms with Gasteiger partial charge in [0, 0.05) is 45.0 Å². The van der Waals surface area contributed by atoms with E-state index >= 15 is 0 Å². The van der Waals surface area contributed by atoms with E-state index < -0.39 is 17.6 Å². The summed E-state index contributed by atoms with van der Waals surface area (Å²) in [6.07, 6.45) is 3.04. The van der Waals surface area contributed by atoms with Gasteiger partial charge in [-0.05, 0) is 24.3 Å². The molecule has 9 heteroatoms. The molecule has 0 aliphatic carbocycles. The average molecular weight is 359 g/mol. The molecule has 1 aliphatic rings. The lowest BCUT2D eigenvalue weighted by Gasteiger charge is -2.34.